The second kappa shape index (κ2) is 4.35. The van der Waals surface area contributed by atoms with Crippen LogP contribution in [0, 0.1) is 0 Å². The molecule has 1 atom stereocenters. The summed E-state index contributed by atoms with van der Waals surface area (Å²) in [6.07, 6.45) is 0.485. The number of aromatic nitrogens is 1. The van der Waals surface area contributed by atoms with Crippen LogP contribution in [0.15, 0.2) is 12.1 Å². The van der Waals surface area contributed by atoms with Crippen LogP contribution in [0.2, 0.25) is 5.02 Å². The Morgan fingerprint density at radius 3 is 2.93 bits per heavy atom. The van der Waals surface area contributed by atoms with E-state index in [-0.39, 0.29) is 12.7 Å². The summed E-state index contributed by atoms with van der Waals surface area (Å²) >= 11 is 5.84. The van der Waals surface area contributed by atoms with Gasteiger partial charge in [-0.2, -0.15) is 0 Å². The summed E-state index contributed by atoms with van der Waals surface area (Å²) in [4.78, 5) is 6.23. The van der Waals surface area contributed by atoms with Gasteiger partial charge in [0.1, 0.15) is 5.82 Å². The summed E-state index contributed by atoms with van der Waals surface area (Å²) in [5.41, 5.74) is 0.482. The molecule has 1 aromatic rings. The number of pyridine rings is 1. The van der Waals surface area contributed by atoms with E-state index in [9.17, 15) is 5.11 Å². The van der Waals surface area contributed by atoms with Crippen molar-refractivity contribution in [2.24, 2.45) is 0 Å². The molecule has 2 heterocycles. The van der Waals surface area contributed by atoms with Gasteiger partial charge in [0.05, 0.1) is 23.4 Å². The standard InChI is InChI=1S/C10H13ClN2O2/c11-8-1-2-10(12-9(8)6-14)13-4-3-7(15)5-13/h1-2,7,14-15H,3-6H2. The minimum atomic E-state index is -0.278. The second-order valence-corrected chi connectivity index (χ2v) is 4.05. The van der Waals surface area contributed by atoms with Crippen molar-refractivity contribution in [3.8, 4) is 0 Å². The van der Waals surface area contributed by atoms with Crippen LogP contribution in [0.5, 0.6) is 0 Å². The first kappa shape index (κ1) is 10.7. The third-order valence-corrected chi connectivity index (χ3v) is 2.89. The van der Waals surface area contributed by atoms with Crippen molar-refractivity contribution in [1.29, 1.82) is 0 Å². The Kier molecular flexibility index (Phi) is 3.09. The molecule has 0 amide bonds. The lowest BCUT2D eigenvalue weighted by molar-refractivity contribution is 0.198. The molecule has 0 radical (unpaired) electrons. The Bertz CT molecular complexity index is 359. The Morgan fingerprint density at radius 2 is 2.33 bits per heavy atom. The van der Waals surface area contributed by atoms with Gasteiger partial charge in [0, 0.05) is 13.1 Å². The predicted octanol–water partition coefficient (Wildman–Crippen LogP) is 0.798. The first-order chi connectivity index (χ1) is 7.20. The molecule has 1 unspecified atom stereocenters. The molecule has 1 saturated heterocycles. The molecule has 1 aromatic heterocycles. The summed E-state index contributed by atoms with van der Waals surface area (Å²) in [7, 11) is 0. The summed E-state index contributed by atoms with van der Waals surface area (Å²) in [5.74, 6) is 0.764. The number of nitrogens with zero attached hydrogens (tertiary/aromatic N) is 2. The van der Waals surface area contributed by atoms with E-state index in [2.05, 4.69) is 4.98 Å². The SMILES string of the molecule is OCc1nc(N2CCC(O)C2)ccc1Cl. The monoisotopic (exact) mass is 228 g/mol. The fourth-order valence-electron chi connectivity index (χ4n) is 1.71. The van der Waals surface area contributed by atoms with Crippen LogP contribution in [0.4, 0.5) is 5.82 Å². The fourth-order valence-corrected chi connectivity index (χ4v) is 1.87. The highest BCUT2D eigenvalue weighted by molar-refractivity contribution is 6.31. The summed E-state index contributed by atoms with van der Waals surface area (Å²) in [6.45, 7) is 1.23. The normalized spacial score (nSPS) is 21.0. The van der Waals surface area contributed by atoms with Crippen molar-refractivity contribution in [1.82, 2.24) is 4.98 Å². The molecule has 0 saturated carbocycles. The van der Waals surface area contributed by atoms with Gasteiger partial charge in [0.2, 0.25) is 0 Å². The molecule has 2 rings (SSSR count). The van der Waals surface area contributed by atoms with Gasteiger partial charge in [0.15, 0.2) is 0 Å². The van der Waals surface area contributed by atoms with Gasteiger partial charge in [-0.05, 0) is 18.6 Å². The third-order valence-electron chi connectivity index (χ3n) is 2.54. The van der Waals surface area contributed by atoms with E-state index in [1.165, 1.54) is 0 Å². The lowest BCUT2D eigenvalue weighted by Gasteiger charge is -2.17. The Balaban J connectivity index is 2.21. The van der Waals surface area contributed by atoms with E-state index >= 15 is 0 Å². The van der Waals surface area contributed by atoms with Crippen LogP contribution in [-0.4, -0.2) is 34.4 Å². The number of anilines is 1. The van der Waals surface area contributed by atoms with Gasteiger partial charge in [0.25, 0.3) is 0 Å². The molecule has 1 fully saturated rings. The number of rotatable bonds is 2. The molecular formula is C10H13ClN2O2. The van der Waals surface area contributed by atoms with E-state index in [1.807, 2.05) is 4.90 Å². The summed E-state index contributed by atoms with van der Waals surface area (Å²) in [6, 6.07) is 3.53. The zero-order chi connectivity index (χ0) is 10.8. The molecule has 0 aromatic carbocycles. The average molecular weight is 229 g/mol. The maximum atomic E-state index is 9.40. The van der Waals surface area contributed by atoms with Crippen molar-refractivity contribution in [3.05, 3.63) is 22.8 Å². The Labute approximate surface area is 93.1 Å². The summed E-state index contributed by atoms with van der Waals surface area (Å²) < 4.78 is 0. The first-order valence-corrected chi connectivity index (χ1v) is 5.28. The van der Waals surface area contributed by atoms with Gasteiger partial charge in [-0.3, -0.25) is 0 Å². The van der Waals surface area contributed by atoms with Gasteiger partial charge >= 0.3 is 0 Å². The van der Waals surface area contributed by atoms with Crippen LogP contribution in [-0.2, 0) is 6.61 Å². The van der Waals surface area contributed by atoms with Crippen molar-refractivity contribution in [3.63, 3.8) is 0 Å². The van der Waals surface area contributed by atoms with Gasteiger partial charge in [-0.25, -0.2) is 4.98 Å². The number of aliphatic hydroxyl groups is 2. The molecule has 4 nitrogen and oxygen atoms in total. The molecule has 5 heteroatoms. The molecule has 82 valence electrons. The zero-order valence-corrected chi connectivity index (χ0v) is 8.98. The minimum Gasteiger partial charge on any atom is -0.391 e. The lowest BCUT2D eigenvalue weighted by atomic mass is 10.3. The van der Waals surface area contributed by atoms with Crippen LogP contribution in [0.1, 0.15) is 12.1 Å². The molecule has 2 N–H and O–H groups in total. The van der Waals surface area contributed by atoms with Crippen molar-refractivity contribution < 1.29 is 10.2 Å². The zero-order valence-electron chi connectivity index (χ0n) is 8.23. The molecule has 1 aliphatic rings. The van der Waals surface area contributed by atoms with Crippen LogP contribution in [0.3, 0.4) is 0 Å². The van der Waals surface area contributed by atoms with Gasteiger partial charge in [-0.15, -0.1) is 0 Å². The minimum absolute atomic E-state index is 0.164. The fraction of sp³-hybridized carbons (Fsp3) is 0.500. The number of hydrogen-bond acceptors (Lipinski definition) is 4. The van der Waals surface area contributed by atoms with E-state index < -0.39 is 0 Å². The van der Waals surface area contributed by atoms with Crippen molar-refractivity contribution in [2.75, 3.05) is 18.0 Å². The molecule has 1 aliphatic heterocycles. The van der Waals surface area contributed by atoms with Crippen molar-refractivity contribution >= 4 is 17.4 Å². The Hall–Kier alpha value is -0.840. The Morgan fingerprint density at radius 1 is 1.53 bits per heavy atom. The van der Waals surface area contributed by atoms with Crippen LogP contribution >= 0.6 is 11.6 Å². The molecular weight excluding hydrogens is 216 g/mol. The molecule has 15 heavy (non-hydrogen) atoms. The lowest BCUT2D eigenvalue weighted by Crippen LogP contribution is -2.22. The average Bonchev–Trinajstić information content (AvgIpc) is 2.66. The molecule has 0 spiro atoms. The number of halogens is 1. The van der Waals surface area contributed by atoms with Crippen LogP contribution < -0.4 is 4.90 Å². The maximum Gasteiger partial charge on any atom is 0.129 e. The third kappa shape index (κ3) is 2.22. The van der Waals surface area contributed by atoms with Gasteiger partial charge in [-0.1, -0.05) is 11.6 Å². The smallest absolute Gasteiger partial charge is 0.129 e. The largest absolute Gasteiger partial charge is 0.391 e. The predicted molar refractivity (Wildman–Crippen MR) is 58.0 cm³/mol. The number of aliphatic hydroxyl groups excluding tert-OH is 2. The van der Waals surface area contributed by atoms with Crippen molar-refractivity contribution in [2.45, 2.75) is 19.1 Å². The number of hydrogen-bond donors (Lipinski definition) is 2. The van der Waals surface area contributed by atoms with E-state index in [0.717, 1.165) is 18.8 Å². The first-order valence-electron chi connectivity index (χ1n) is 4.90. The van der Waals surface area contributed by atoms with E-state index in [4.69, 9.17) is 16.7 Å². The number of β-amino-alcohol motifs (C(OH)–C–C–N with tert-alkyl or cyclic N) is 1. The summed E-state index contributed by atoms with van der Waals surface area (Å²) in [5, 5.41) is 18.9. The quantitative estimate of drug-likeness (QED) is 0.786. The van der Waals surface area contributed by atoms with Crippen LogP contribution in [0.25, 0.3) is 0 Å². The topological polar surface area (TPSA) is 56.6 Å². The second-order valence-electron chi connectivity index (χ2n) is 3.64. The molecule has 0 bridgehead atoms. The maximum absolute atomic E-state index is 9.40. The van der Waals surface area contributed by atoms with E-state index in [1.54, 1.807) is 12.1 Å². The van der Waals surface area contributed by atoms with Gasteiger partial charge < -0.3 is 15.1 Å². The highest BCUT2D eigenvalue weighted by atomic mass is 35.5. The highest BCUT2D eigenvalue weighted by Gasteiger charge is 2.21. The molecule has 0 aliphatic carbocycles. The highest BCUT2D eigenvalue weighted by Crippen LogP contribution is 2.22. The van der Waals surface area contributed by atoms with E-state index in [0.29, 0.717) is 17.3 Å².